The van der Waals surface area contributed by atoms with Gasteiger partial charge in [0.15, 0.2) is 0 Å². The van der Waals surface area contributed by atoms with Crippen molar-refractivity contribution in [3.63, 3.8) is 0 Å². The second-order valence-electron chi connectivity index (χ2n) is 4.53. The van der Waals surface area contributed by atoms with Crippen LogP contribution in [-0.4, -0.2) is 51.8 Å². The highest BCUT2D eigenvalue weighted by molar-refractivity contribution is 5.90. The van der Waals surface area contributed by atoms with Crippen LogP contribution in [0.4, 0.5) is 5.95 Å². The molecule has 1 amide bonds. The molecule has 7 heteroatoms. The van der Waals surface area contributed by atoms with Crippen LogP contribution >= 0.6 is 0 Å². The zero-order valence-electron chi connectivity index (χ0n) is 10.1. The Morgan fingerprint density at radius 2 is 2.41 bits per heavy atom. The summed E-state index contributed by atoms with van der Waals surface area (Å²) in [4.78, 5) is 17.7. The highest BCUT2D eigenvalue weighted by Gasteiger charge is 2.34. The lowest BCUT2D eigenvalue weighted by Gasteiger charge is -2.39. The van der Waals surface area contributed by atoms with Gasteiger partial charge in [-0.2, -0.15) is 4.98 Å². The number of methoxy groups -OCH3 is 1. The third-order valence-corrected chi connectivity index (χ3v) is 3.14. The van der Waals surface area contributed by atoms with E-state index >= 15 is 0 Å². The van der Waals surface area contributed by atoms with Gasteiger partial charge in [0.1, 0.15) is 0 Å². The molecule has 1 aliphatic heterocycles. The summed E-state index contributed by atoms with van der Waals surface area (Å²) in [5.41, 5.74) is 5.10. The normalized spacial score (nSPS) is 24.9. The Balaban J connectivity index is 2.10. The molecule has 1 aliphatic rings. The molecule has 1 aromatic rings. The number of rotatable bonds is 2. The molecular weight excluding hydrogens is 222 g/mol. The smallest absolute Gasteiger partial charge is 0.291 e. The van der Waals surface area contributed by atoms with E-state index in [1.165, 1.54) is 0 Å². The number of aromatic amines is 1. The van der Waals surface area contributed by atoms with Gasteiger partial charge >= 0.3 is 0 Å². The highest BCUT2D eigenvalue weighted by Crippen LogP contribution is 2.24. The van der Waals surface area contributed by atoms with Crippen LogP contribution in [0.1, 0.15) is 30.4 Å². The number of nitrogens with zero attached hydrogens (tertiary/aromatic N) is 3. The zero-order chi connectivity index (χ0) is 12.5. The average molecular weight is 239 g/mol. The molecule has 0 radical (unpaired) electrons. The quantitative estimate of drug-likeness (QED) is 0.758. The number of likely N-dealkylation sites (tertiary alicyclic amines) is 1. The second-order valence-corrected chi connectivity index (χ2v) is 4.53. The van der Waals surface area contributed by atoms with Gasteiger partial charge in [-0.1, -0.05) is 0 Å². The Labute approximate surface area is 99.3 Å². The van der Waals surface area contributed by atoms with Crippen LogP contribution in [0.3, 0.4) is 0 Å². The fraction of sp³-hybridized carbons (Fsp3) is 0.700. The van der Waals surface area contributed by atoms with Gasteiger partial charge in [-0.15, -0.1) is 5.10 Å². The van der Waals surface area contributed by atoms with Crippen LogP contribution < -0.4 is 5.73 Å². The van der Waals surface area contributed by atoms with Crippen LogP contribution in [0, 0.1) is 0 Å². The molecule has 1 aromatic heterocycles. The van der Waals surface area contributed by atoms with Crippen LogP contribution in [0.25, 0.3) is 0 Å². The molecule has 1 unspecified atom stereocenters. The summed E-state index contributed by atoms with van der Waals surface area (Å²) < 4.78 is 5.44. The fourth-order valence-electron chi connectivity index (χ4n) is 2.07. The lowest BCUT2D eigenvalue weighted by Crippen LogP contribution is -2.49. The summed E-state index contributed by atoms with van der Waals surface area (Å²) >= 11 is 0. The number of piperidine rings is 1. The molecule has 0 aliphatic carbocycles. The Kier molecular flexibility index (Phi) is 3.01. The Hall–Kier alpha value is -1.63. The molecule has 2 rings (SSSR count). The maximum Gasteiger partial charge on any atom is 0.291 e. The van der Waals surface area contributed by atoms with Crippen molar-refractivity contribution in [3.05, 3.63) is 5.82 Å². The van der Waals surface area contributed by atoms with E-state index in [1.54, 1.807) is 12.0 Å². The minimum absolute atomic E-state index is 0.0832. The van der Waals surface area contributed by atoms with Gasteiger partial charge in [0, 0.05) is 20.2 Å². The average Bonchev–Trinajstić information content (AvgIpc) is 2.75. The van der Waals surface area contributed by atoms with Crippen molar-refractivity contribution >= 4 is 11.9 Å². The van der Waals surface area contributed by atoms with Gasteiger partial charge in [-0.25, -0.2) is 0 Å². The lowest BCUT2D eigenvalue weighted by molar-refractivity contribution is -0.0442. The van der Waals surface area contributed by atoms with E-state index in [0.717, 1.165) is 12.8 Å². The molecule has 0 aromatic carbocycles. The third kappa shape index (κ3) is 2.38. The van der Waals surface area contributed by atoms with Crippen molar-refractivity contribution in [3.8, 4) is 0 Å². The van der Waals surface area contributed by atoms with Crippen molar-refractivity contribution in [1.82, 2.24) is 20.1 Å². The monoisotopic (exact) mass is 239 g/mol. The van der Waals surface area contributed by atoms with E-state index in [0.29, 0.717) is 13.1 Å². The molecular formula is C10H17N5O2. The van der Waals surface area contributed by atoms with E-state index in [2.05, 4.69) is 15.2 Å². The van der Waals surface area contributed by atoms with E-state index < -0.39 is 0 Å². The van der Waals surface area contributed by atoms with E-state index in [-0.39, 0.29) is 23.3 Å². The number of aromatic nitrogens is 3. The van der Waals surface area contributed by atoms with Gasteiger partial charge in [-0.3, -0.25) is 9.89 Å². The number of hydrogen-bond acceptors (Lipinski definition) is 5. The first-order valence-corrected chi connectivity index (χ1v) is 5.56. The number of ether oxygens (including phenoxy) is 1. The van der Waals surface area contributed by atoms with Crippen LogP contribution in [-0.2, 0) is 4.74 Å². The fourth-order valence-corrected chi connectivity index (χ4v) is 2.07. The number of nitrogen functional groups attached to an aromatic ring is 1. The highest BCUT2D eigenvalue weighted by atomic mass is 16.5. The minimum atomic E-state index is -0.278. The number of H-pyrrole nitrogens is 1. The molecule has 1 saturated heterocycles. The molecule has 2 heterocycles. The topological polar surface area (TPSA) is 97.1 Å². The molecule has 7 nitrogen and oxygen atoms in total. The van der Waals surface area contributed by atoms with Crippen LogP contribution in [0.2, 0.25) is 0 Å². The Morgan fingerprint density at radius 3 is 3.00 bits per heavy atom. The Morgan fingerprint density at radius 1 is 1.65 bits per heavy atom. The Bertz CT molecular complexity index is 419. The van der Waals surface area contributed by atoms with Crippen molar-refractivity contribution in [2.45, 2.75) is 25.4 Å². The summed E-state index contributed by atoms with van der Waals surface area (Å²) in [6, 6.07) is 0. The molecule has 94 valence electrons. The SMILES string of the molecule is COC1(C)CCCN(C(=O)c2nc(N)n[nH]2)C1. The van der Waals surface area contributed by atoms with Crippen LogP contribution in [0.15, 0.2) is 0 Å². The van der Waals surface area contributed by atoms with Crippen molar-refractivity contribution in [2.75, 3.05) is 25.9 Å². The summed E-state index contributed by atoms with van der Waals surface area (Å²) in [5, 5.41) is 6.18. The summed E-state index contributed by atoms with van der Waals surface area (Å²) in [5.74, 6) is 0.0832. The third-order valence-electron chi connectivity index (χ3n) is 3.14. The van der Waals surface area contributed by atoms with Gasteiger partial charge < -0.3 is 15.4 Å². The molecule has 17 heavy (non-hydrogen) atoms. The second kappa shape index (κ2) is 4.33. The molecule has 1 fully saturated rings. The molecule has 0 saturated carbocycles. The number of carbonyl (C=O) groups excluding carboxylic acids is 1. The zero-order valence-corrected chi connectivity index (χ0v) is 10.1. The number of nitrogens with two attached hydrogens (primary N) is 1. The number of anilines is 1. The summed E-state index contributed by atoms with van der Waals surface area (Å²) in [7, 11) is 1.67. The summed E-state index contributed by atoms with van der Waals surface area (Å²) in [6.45, 7) is 3.27. The lowest BCUT2D eigenvalue weighted by atomic mass is 9.95. The van der Waals surface area contributed by atoms with E-state index in [1.807, 2.05) is 6.92 Å². The maximum absolute atomic E-state index is 12.1. The number of nitrogens with one attached hydrogen (secondary N) is 1. The minimum Gasteiger partial charge on any atom is -0.377 e. The van der Waals surface area contributed by atoms with Crippen molar-refractivity contribution in [2.24, 2.45) is 0 Å². The molecule has 0 bridgehead atoms. The maximum atomic E-state index is 12.1. The number of hydrogen-bond donors (Lipinski definition) is 2. The molecule has 3 N–H and O–H groups in total. The first-order valence-electron chi connectivity index (χ1n) is 5.56. The van der Waals surface area contributed by atoms with Gasteiger partial charge in [0.05, 0.1) is 5.60 Å². The number of amides is 1. The van der Waals surface area contributed by atoms with Crippen molar-refractivity contribution in [1.29, 1.82) is 0 Å². The predicted molar refractivity (Wildman–Crippen MR) is 61.3 cm³/mol. The van der Waals surface area contributed by atoms with Crippen molar-refractivity contribution < 1.29 is 9.53 Å². The molecule has 1 atom stereocenters. The van der Waals surface area contributed by atoms with Gasteiger partial charge in [-0.05, 0) is 19.8 Å². The standard InChI is InChI=1S/C10H17N5O2/c1-10(17-2)4-3-5-15(6-10)8(16)7-12-9(11)14-13-7/h3-6H2,1-2H3,(H3,11,12,13,14). The summed E-state index contributed by atoms with van der Waals surface area (Å²) in [6.07, 6.45) is 1.87. The van der Waals surface area contributed by atoms with Gasteiger partial charge in [0.2, 0.25) is 11.8 Å². The number of carbonyl (C=O) groups is 1. The molecule has 0 spiro atoms. The van der Waals surface area contributed by atoms with E-state index in [9.17, 15) is 4.79 Å². The largest absolute Gasteiger partial charge is 0.377 e. The first-order chi connectivity index (χ1) is 8.04. The van der Waals surface area contributed by atoms with Gasteiger partial charge in [0.25, 0.3) is 5.91 Å². The van der Waals surface area contributed by atoms with Crippen LogP contribution in [0.5, 0.6) is 0 Å². The first kappa shape index (κ1) is 11.8. The predicted octanol–water partition coefficient (Wildman–Crippen LogP) is 0.0280. The van der Waals surface area contributed by atoms with E-state index in [4.69, 9.17) is 10.5 Å².